The van der Waals surface area contributed by atoms with Crippen molar-refractivity contribution >= 4 is 56.0 Å². The summed E-state index contributed by atoms with van der Waals surface area (Å²) in [6.45, 7) is 1.74. The topological polar surface area (TPSA) is 71.1 Å². The van der Waals surface area contributed by atoms with Gasteiger partial charge in [-0.2, -0.15) is 0 Å². The molecule has 0 radical (unpaired) electrons. The Morgan fingerprint density at radius 1 is 1.04 bits per heavy atom. The van der Waals surface area contributed by atoms with Crippen molar-refractivity contribution in [1.29, 1.82) is 0 Å². The van der Waals surface area contributed by atoms with E-state index in [-0.39, 0.29) is 11.8 Å². The van der Waals surface area contributed by atoms with E-state index in [0.29, 0.717) is 21.4 Å². The molecule has 136 valence electrons. The van der Waals surface area contributed by atoms with E-state index in [0.717, 1.165) is 21.4 Å². The van der Waals surface area contributed by atoms with E-state index in [9.17, 15) is 9.59 Å². The third-order valence-corrected chi connectivity index (χ3v) is 5.16. The van der Waals surface area contributed by atoms with Gasteiger partial charge in [0.05, 0.1) is 5.69 Å². The van der Waals surface area contributed by atoms with Crippen molar-refractivity contribution in [3.63, 3.8) is 0 Å². The van der Waals surface area contributed by atoms with Gasteiger partial charge in [0, 0.05) is 16.2 Å². The molecule has 2 N–H and O–H groups in total. The summed E-state index contributed by atoms with van der Waals surface area (Å²) >= 11 is 4.50. The third kappa shape index (κ3) is 5.35. The average Bonchev–Trinajstić information content (AvgIpc) is 3.03. The van der Waals surface area contributed by atoms with Crippen LogP contribution in [0.15, 0.2) is 65.1 Å². The molecule has 5 nitrogen and oxygen atoms in total. The van der Waals surface area contributed by atoms with Gasteiger partial charge in [-0.1, -0.05) is 57.6 Å². The van der Waals surface area contributed by atoms with Crippen LogP contribution >= 0.6 is 27.3 Å². The van der Waals surface area contributed by atoms with Crippen molar-refractivity contribution in [1.82, 2.24) is 4.98 Å². The fourth-order valence-corrected chi connectivity index (χ4v) is 3.39. The van der Waals surface area contributed by atoms with E-state index >= 15 is 0 Å². The quantitative estimate of drug-likeness (QED) is 0.539. The molecule has 0 atom stereocenters. The number of benzene rings is 2. The minimum atomic E-state index is -0.299. The smallest absolute Gasteiger partial charge is 0.267 e. The number of halogens is 1. The highest BCUT2D eigenvalue weighted by Crippen LogP contribution is 2.24. The molecule has 0 aliphatic heterocycles. The first-order valence-electron chi connectivity index (χ1n) is 8.10. The molecule has 3 rings (SSSR count). The van der Waals surface area contributed by atoms with Crippen LogP contribution in [0, 0.1) is 6.92 Å². The first kappa shape index (κ1) is 19.0. The lowest BCUT2D eigenvalue weighted by molar-refractivity contribution is -0.111. The number of nitrogens with zero attached hydrogens (tertiary/aromatic N) is 1. The van der Waals surface area contributed by atoms with E-state index in [4.69, 9.17) is 0 Å². The Balaban J connectivity index is 1.65. The van der Waals surface area contributed by atoms with Gasteiger partial charge in [0.15, 0.2) is 5.13 Å². The highest BCUT2D eigenvalue weighted by Gasteiger charge is 2.16. The molecule has 0 bridgehead atoms. The van der Waals surface area contributed by atoms with Crippen LogP contribution in [-0.2, 0) is 4.79 Å². The number of carbonyl (C=O) groups is 2. The number of aryl methyl sites for hydroxylation is 1. The lowest BCUT2D eigenvalue weighted by Crippen LogP contribution is -2.11. The predicted octanol–water partition coefficient (Wildman–Crippen LogP) is 5.12. The first-order valence-corrected chi connectivity index (χ1v) is 9.70. The molecule has 0 saturated carbocycles. The first-order chi connectivity index (χ1) is 13.0. The van der Waals surface area contributed by atoms with Gasteiger partial charge in [-0.15, -0.1) is 0 Å². The van der Waals surface area contributed by atoms with Crippen LogP contribution in [0.2, 0.25) is 0 Å². The maximum absolute atomic E-state index is 12.5. The monoisotopic (exact) mass is 441 g/mol. The minimum Gasteiger partial charge on any atom is -0.321 e. The Morgan fingerprint density at radius 2 is 1.74 bits per heavy atom. The average molecular weight is 442 g/mol. The summed E-state index contributed by atoms with van der Waals surface area (Å²) in [5, 5.41) is 5.90. The fourth-order valence-electron chi connectivity index (χ4n) is 2.26. The Labute approximate surface area is 169 Å². The molecule has 0 saturated heterocycles. The normalized spacial score (nSPS) is 10.7. The van der Waals surface area contributed by atoms with Crippen molar-refractivity contribution in [2.75, 3.05) is 10.6 Å². The van der Waals surface area contributed by atoms with Crippen LogP contribution in [0.1, 0.15) is 20.9 Å². The highest BCUT2D eigenvalue weighted by atomic mass is 79.9. The molecule has 27 heavy (non-hydrogen) atoms. The van der Waals surface area contributed by atoms with E-state index in [1.165, 1.54) is 6.08 Å². The van der Waals surface area contributed by atoms with Crippen LogP contribution in [0.5, 0.6) is 0 Å². The number of aromatic nitrogens is 1. The van der Waals surface area contributed by atoms with Crippen LogP contribution in [-0.4, -0.2) is 16.8 Å². The zero-order valence-electron chi connectivity index (χ0n) is 14.4. The van der Waals surface area contributed by atoms with Crippen molar-refractivity contribution < 1.29 is 9.59 Å². The number of hydrogen-bond acceptors (Lipinski definition) is 4. The molecule has 7 heteroatoms. The summed E-state index contributed by atoms with van der Waals surface area (Å²) in [5.41, 5.74) is 2.18. The van der Waals surface area contributed by atoms with Crippen molar-refractivity contribution in [2.45, 2.75) is 6.92 Å². The van der Waals surface area contributed by atoms with Gasteiger partial charge in [-0.25, -0.2) is 4.98 Å². The second kappa shape index (κ2) is 8.75. The standard InChI is InChI=1S/C20H16BrN3O2S/c1-13-18(19(26)23-16-10-8-15(21)9-11-16)27-20(22-13)24-17(25)12-7-14-5-3-2-4-6-14/h2-12H,1H3,(H,23,26)(H,22,24,25). The molecule has 0 fully saturated rings. The Kier molecular flexibility index (Phi) is 6.16. The number of nitrogens with one attached hydrogen (secondary N) is 2. The zero-order valence-corrected chi connectivity index (χ0v) is 16.8. The number of carbonyl (C=O) groups excluding carboxylic acids is 2. The second-order valence-corrected chi connectivity index (χ2v) is 7.54. The molecule has 1 heterocycles. The van der Waals surface area contributed by atoms with Gasteiger partial charge in [-0.3, -0.25) is 14.9 Å². The molecular weight excluding hydrogens is 426 g/mol. The number of thiazole rings is 1. The van der Waals surface area contributed by atoms with Crippen molar-refractivity contribution in [3.05, 3.63) is 81.3 Å². The van der Waals surface area contributed by atoms with Gasteiger partial charge in [-0.05, 0) is 42.8 Å². The van der Waals surface area contributed by atoms with Gasteiger partial charge in [0.1, 0.15) is 4.88 Å². The summed E-state index contributed by atoms with van der Waals surface area (Å²) in [6.07, 6.45) is 3.16. The summed E-state index contributed by atoms with van der Waals surface area (Å²) in [6, 6.07) is 16.8. The predicted molar refractivity (Wildman–Crippen MR) is 113 cm³/mol. The summed E-state index contributed by atoms with van der Waals surface area (Å²) < 4.78 is 0.933. The summed E-state index contributed by atoms with van der Waals surface area (Å²) in [5.74, 6) is -0.555. The largest absolute Gasteiger partial charge is 0.321 e. The number of rotatable bonds is 5. The lowest BCUT2D eigenvalue weighted by atomic mass is 10.2. The van der Waals surface area contributed by atoms with E-state index in [1.807, 2.05) is 42.5 Å². The molecule has 0 spiro atoms. The molecule has 0 aliphatic rings. The maximum Gasteiger partial charge on any atom is 0.267 e. The van der Waals surface area contributed by atoms with Crippen molar-refractivity contribution in [3.8, 4) is 0 Å². The Morgan fingerprint density at radius 3 is 2.44 bits per heavy atom. The lowest BCUT2D eigenvalue weighted by Gasteiger charge is -2.03. The number of anilines is 2. The van der Waals surface area contributed by atoms with E-state index in [2.05, 4.69) is 31.5 Å². The Bertz CT molecular complexity index is 982. The summed E-state index contributed by atoms with van der Waals surface area (Å²) in [7, 11) is 0. The van der Waals surface area contributed by atoms with E-state index < -0.39 is 0 Å². The van der Waals surface area contributed by atoms with Crippen LogP contribution in [0.4, 0.5) is 10.8 Å². The summed E-state index contributed by atoms with van der Waals surface area (Å²) in [4.78, 5) is 29.2. The van der Waals surface area contributed by atoms with Crippen LogP contribution < -0.4 is 10.6 Å². The van der Waals surface area contributed by atoms with Gasteiger partial charge in [0.25, 0.3) is 5.91 Å². The molecule has 2 aromatic carbocycles. The van der Waals surface area contributed by atoms with Gasteiger partial charge in [0.2, 0.25) is 5.91 Å². The SMILES string of the molecule is Cc1nc(NC(=O)C=Cc2ccccc2)sc1C(=O)Nc1ccc(Br)cc1. The second-order valence-electron chi connectivity index (χ2n) is 5.63. The number of amides is 2. The van der Waals surface area contributed by atoms with Gasteiger partial charge < -0.3 is 5.32 Å². The third-order valence-electron chi connectivity index (χ3n) is 3.56. The molecular formula is C20H16BrN3O2S. The highest BCUT2D eigenvalue weighted by molar-refractivity contribution is 9.10. The van der Waals surface area contributed by atoms with Crippen LogP contribution in [0.25, 0.3) is 6.08 Å². The Hall–Kier alpha value is -2.77. The molecule has 3 aromatic rings. The zero-order chi connectivity index (χ0) is 19.2. The maximum atomic E-state index is 12.5. The molecule has 2 amide bonds. The molecule has 1 aromatic heterocycles. The van der Waals surface area contributed by atoms with E-state index in [1.54, 1.807) is 25.1 Å². The fraction of sp³-hybridized carbons (Fsp3) is 0.0500. The van der Waals surface area contributed by atoms with Gasteiger partial charge >= 0.3 is 0 Å². The number of hydrogen-bond donors (Lipinski definition) is 2. The molecule has 0 aliphatic carbocycles. The van der Waals surface area contributed by atoms with Crippen molar-refractivity contribution in [2.24, 2.45) is 0 Å². The minimum absolute atomic E-state index is 0.257. The molecule has 0 unspecified atom stereocenters. The van der Waals surface area contributed by atoms with Crippen LogP contribution in [0.3, 0.4) is 0 Å².